The number of benzene rings is 1. The molecule has 6 heteroatoms. The van der Waals surface area contributed by atoms with Crippen LogP contribution in [0.4, 0.5) is 0 Å². The highest BCUT2D eigenvalue weighted by Gasteiger charge is 2.15. The first kappa shape index (κ1) is 14.8. The predicted octanol–water partition coefficient (Wildman–Crippen LogP) is 1.86. The molecule has 1 aliphatic heterocycles. The molecule has 2 rings (SSSR count). The van der Waals surface area contributed by atoms with Crippen molar-refractivity contribution in [1.29, 1.82) is 0 Å². The molecule has 20 heavy (non-hydrogen) atoms. The molecule has 0 fully saturated rings. The van der Waals surface area contributed by atoms with Gasteiger partial charge in [-0.3, -0.25) is 4.79 Å². The summed E-state index contributed by atoms with van der Waals surface area (Å²) in [6.07, 6.45) is 0.572. The van der Waals surface area contributed by atoms with Crippen molar-refractivity contribution in [2.45, 2.75) is 19.8 Å². The van der Waals surface area contributed by atoms with E-state index in [4.69, 9.17) is 9.47 Å². The van der Waals surface area contributed by atoms with Crippen LogP contribution in [0.2, 0.25) is 0 Å². The standard InChI is InChI=1S/C14H18O5S/c1-2-20(16,17)9-3-4-12(15)11-5-6-13-14(10-11)19-8-7-18-13/h5-6,10H,2-4,7-9H2,1H3. The van der Waals surface area contributed by atoms with Crippen molar-refractivity contribution in [3.8, 4) is 11.5 Å². The Morgan fingerprint density at radius 1 is 1.20 bits per heavy atom. The highest BCUT2D eigenvalue weighted by Crippen LogP contribution is 2.31. The number of fused-ring (bicyclic) bond motifs is 1. The van der Waals surface area contributed by atoms with E-state index in [1.165, 1.54) is 0 Å². The zero-order valence-corrected chi connectivity index (χ0v) is 12.2. The van der Waals surface area contributed by atoms with Gasteiger partial charge < -0.3 is 9.47 Å². The number of ketones is 1. The van der Waals surface area contributed by atoms with Crippen molar-refractivity contribution in [1.82, 2.24) is 0 Å². The van der Waals surface area contributed by atoms with Crippen LogP contribution in [0.25, 0.3) is 0 Å². The van der Waals surface area contributed by atoms with E-state index >= 15 is 0 Å². The normalized spacial score (nSPS) is 14.1. The second-order valence-electron chi connectivity index (χ2n) is 4.62. The zero-order valence-electron chi connectivity index (χ0n) is 11.4. The fraction of sp³-hybridized carbons (Fsp3) is 0.500. The first-order chi connectivity index (χ1) is 9.52. The van der Waals surface area contributed by atoms with Crippen LogP contribution in [-0.2, 0) is 9.84 Å². The zero-order chi connectivity index (χ0) is 14.6. The maximum atomic E-state index is 12.0. The fourth-order valence-corrected chi connectivity index (χ4v) is 2.83. The molecular formula is C14H18O5S. The second-order valence-corrected chi connectivity index (χ2v) is 7.09. The molecule has 0 saturated heterocycles. The Hall–Kier alpha value is -1.56. The molecule has 1 heterocycles. The molecule has 1 aliphatic rings. The Balaban J connectivity index is 1.96. The van der Waals surface area contributed by atoms with Crippen molar-refractivity contribution in [2.75, 3.05) is 24.7 Å². The SMILES string of the molecule is CCS(=O)(=O)CCCC(=O)c1ccc2c(c1)OCCO2. The number of ether oxygens (including phenoxy) is 2. The highest BCUT2D eigenvalue weighted by molar-refractivity contribution is 7.91. The van der Waals surface area contributed by atoms with Crippen LogP contribution in [-0.4, -0.2) is 38.9 Å². The number of carbonyl (C=O) groups is 1. The molecule has 0 unspecified atom stereocenters. The molecular weight excluding hydrogens is 280 g/mol. The first-order valence-electron chi connectivity index (χ1n) is 6.65. The second kappa shape index (κ2) is 6.26. The summed E-state index contributed by atoms with van der Waals surface area (Å²) in [7, 11) is -3.01. The van der Waals surface area contributed by atoms with Gasteiger partial charge in [0.1, 0.15) is 23.1 Å². The molecule has 5 nitrogen and oxygen atoms in total. The van der Waals surface area contributed by atoms with E-state index in [-0.39, 0.29) is 23.7 Å². The Morgan fingerprint density at radius 3 is 2.60 bits per heavy atom. The summed E-state index contributed by atoms with van der Waals surface area (Å²) in [6, 6.07) is 5.06. The highest BCUT2D eigenvalue weighted by atomic mass is 32.2. The maximum Gasteiger partial charge on any atom is 0.163 e. The van der Waals surface area contributed by atoms with Crippen LogP contribution in [0.5, 0.6) is 11.5 Å². The van der Waals surface area contributed by atoms with E-state index in [1.807, 2.05) is 0 Å². The van der Waals surface area contributed by atoms with E-state index in [0.29, 0.717) is 36.7 Å². The summed E-state index contributed by atoms with van der Waals surface area (Å²) in [5.41, 5.74) is 0.531. The van der Waals surface area contributed by atoms with E-state index in [0.717, 1.165) is 0 Å². The van der Waals surface area contributed by atoms with E-state index < -0.39 is 9.84 Å². The molecule has 0 bridgehead atoms. The van der Waals surface area contributed by atoms with E-state index in [1.54, 1.807) is 25.1 Å². The largest absolute Gasteiger partial charge is 0.486 e. The van der Waals surface area contributed by atoms with Gasteiger partial charge in [0.2, 0.25) is 0 Å². The number of sulfone groups is 1. The molecule has 0 radical (unpaired) electrons. The lowest BCUT2D eigenvalue weighted by Gasteiger charge is -2.18. The molecule has 110 valence electrons. The predicted molar refractivity (Wildman–Crippen MR) is 75.3 cm³/mol. The van der Waals surface area contributed by atoms with Crippen molar-refractivity contribution in [2.24, 2.45) is 0 Å². The molecule has 0 saturated carbocycles. The van der Waals surface area contributed by atoms with Crippen LogP contribution in [0, 0.1) is 0 Å². The third-order valence-electron chi connectivity index (χ3n) is 3.16. The van der Waals surface area contributed by atoms with Gasteiger partial charge in [0.05, 0.1) is 5.75 Å². The van der Waals surface area contributed by atoms with Crippen molar-refractivity contribution >= 4 is 15.6 Å². The lowest BCUT2D eigenvalue weighted by molar-refractivity contribution is 0.0980. The summed E-state index contributed by atoms with van der Waals surface area (Å²) < 4.78 is 33.5. The quantitative estimate of drug-likeness (QED) is 0.750. The maximum absolute atomic E-state index is 12.0. The average molecular weight is 298 g/mol. The smallest absolute Gasteiger partial charge is 0.163 e. The average Bonchev–Trinajstić information content (AvgIpc) is 2.46. The van der Waals surface area contributed by atoms with Gasteiger partial charge in [-0.25, -0.2) is 8.42 Å². The van der Waals surface area contributed by atoms with Crippen LogP contribution in [0.15, 0.2) is 18.2 Å². The summed E-state index contributed by atoms with van der Waals surface area (Å²) in [4.78, 5) is 12.0. The Kier molecular flexibility index (Phi) is 4.65. The van der Waals surface area contributed by atoms with Crippen molar-refractivity contribution in [3.05, 3.63) is 23.8 Å². The number of Topliss-reactive ketones (excluding diaryl/α,β-unsaturated/α-hetero) is 1. The molecule has 0 amide bonds. The molecule has 0 atom stereocenters. The van der Waals surface area contributed by atoms with Gasteiger partial charge in [-0.1, -0.05) is 6.92 Å². The van der Waals surface area contributed by atoms with Gasteiger partial charge in [-0.15, -0.1) is 0 Å². The minimum Gasteiger partial charge on any atom is -0.486 e. The third kappa shape index (κ3) is 3.72. The monoisotopic (exact) mass is 298 g/mol. The van der Waals surface area contributed by atoms with Crippen LogP contribution < -0.4 is 9.47 Å². The number of rotatable bonds is 6. The number of hydrogen-bond donors (Lipinski definition) is 0. The summed E-state index contributed by atoms with van der Waals surface area (Å²) in [6.45, 7) is 2.59. The van der Waals surface area contributed by atoms with Gasteiger partial charge in [-0.05, 0) is 24.6 Å². The summed E-state index contributed by atoms with van der Waals surface area (Å²) >= 11 is 0. The molecule has 0 spiro atoms. The molecule has 1 aromatic rings. The van der Waals surface area contributed by atoms with Crippen LogP contribution >= 0.6 is 0 Å². The minimum absolute atomic E-state index is 0.0553. The van der Waals surface area contributed by atoms with Gasteiger partial charge >= 0.3 is 0 Å². The van der Waals surface area contributed by atoms with Crippen LogP contribution in [0.3, 0.4) is 0 Å². The third-order valence-corrected chi connectivity index (χ3v) is 4.95. The van der Waals surface area contributed by atoms with Crippen LogP contribution in [0.1, 0.15) is 30.1 Å². The Labute approximate surface area is 118 Å². The molecule has 1 aromatic carbocycles. The van der Waals surface area contributed by atoms with E-state index in [9.17, 15) is 13.2 Å². The van der Waals surface area contributed by atoms with Crippen molar-refractivity contribution < 1.29 is 22.7 Å². The topological polar surface area (TPSA) is 69.7 Å². The van der Waals surface area contributed by atoms with Crippen molar-refractivity contribution in [3.63, 3.8) is 0 Å². The number of carbonyl (C=O) groups excluding carboxylic acids is 1. The molecule has 0 aromatic heterocycles. The summed E-state index contributed by atoms with van der Waals surface area (Å²) in [5, 5.41) is 0. The Bertz CT molecular complexity index is 592. The van der Waals surface area contributed by atoms with Gasteiger partial charge in [-0.2, -0.15) is 0 Å². The van der Waals surface area contributed by atoms with Gasteiger partial charge in [0, 0.05) is 17.7 Å². The van der Waals surface area contributed by atoms with Gasteiger partial charge in [0.15, 0.2) is 17.3 Å². The lowest BCUT2D eigenvalue weighted by atomic mass is 10.1. The molecule has 0 N–H and O–H groups in total. The lowest BCUT2D eigenvalue weighted by Crippen LogP contribution is -2.16. The first-order valence-corrected chi connectivity index (χ1v) is 8.47. The summed E-state index contributed by atoms with van der Waals surface area (Å²) in [5.74, 6) is 1.31. The fourth-order valence-electron chi connectivity index (χ4n) is 1.96. The van der Waals surface area contributed by atoms with E-state index in [2.05, 4.69) is 0 Å². The Morgan fingerprint density at radius 2 is 1.90 bits per heavy atom. The molecule has 0 aliphatic carbocycles. The number of hydrogen-bond acceptors (Lipinski definition) is 5. The minimum atomic E-state index is -3.01. The van der Waals surface area contributed by atoms with Gasteiger partial charge in [0.25, 0.3) is 0 Å².